The number of nitrogens with one attached hydrogen (secondary N) is 1. The Balaban J connectivity index is 2.21. The molecule has 0 radical (unpaired) electrons. The zero-order valence-corrected chi connectivity index (χ0v) is 14.3. The molecule has 1 unspecified atom stereocenters. The molecule has 0 bridgehead atoms. The van der Waals surface area contributed by atoms with Gasteiger partial charge in [-0.3, -0.25) is 4.79 Å². The zero-order chi connectivity index (χ0) is 18.6. The molecule has 25 heavy (non-hydrogen) atoms. The van der Waals surface area contributed by atoms with Gasteiger partial charge in [-0.05, 0) is 49.6 Å². The first-order valence-corrected chi connectivity index (χ1v) is 7.90. The van der Waals surface area contributed by atoms with Crippen LogP contribution in [-0.2, 0) is 4.79 Å². The van der Waals surface area contributed by atoms with Gasteiger partial charge in [0.15, 0.2) is 17.7 Å². The number of halogens is 1. The van der Waals surface area contributed by atoms with Gasteiger partial charge in [-0.25, -0.2) is 9.18 Å². The van der Waals surface area contributed by atoms with Crippen LogP contribution >= 0.6 is 0 Å². The van der Waals surface area contributed by atoms with Gasteiger partial charge in [0.25, 0.3) is 5.91 Å². The molecule has 0 aliphatic rings. The van der Waals surface area contributed by atoms with Crippen LogP contribution < -0.4 is 10.1 Å². The van der Waals surface area contributed by atoms with E-state index in [1.54, 1.807) is 32.9 Å². The van der Waals surface area contributed by atoms with Crippen LogP contribution in [0.15, 0.2) is 36.4 Å². The van der Waals surface area contributed by atoms with Gasteiger partial charge in [0.1, 0.15) is 0 Å². The van der Waals surface area contributed by atoms with E-state index < -0.39 is 23.8 Å². The van der Waals surface area contributed by atoms with E-state index in [2.05, 4.69) is 5.32 Å². The highest BCUT2D eigenvalue weighted by molar-refractivity contribution is 5.97. The Hall–Kier alpha value is -2.89. The summed E-state index contributed by atoms with van der Waals surface area (Å²) < 4.78 is 19.2. The van der Waals surface area contributed by atoms with Crippen molar-refractivity contribution in [2.24, 2.45) is 0 Å². The lowest BCUT2D eigenvalue weighted by Gasteiger charge is -2.19. The van der Waals surface area contributed by atoms with Crippen molar-refractivity contribution in [3.63, 3.8) is 0 Å². The highest BCUT2D eigenvalue weighted by Gasteiger charge is 2.21. The highest BCUT2D eigenvalue weighted by atomic mass is 19.1. The molecule has 1 amide bonds. The van der Waals surface area contributed by atoms with Gasteiger partial charge in [-0.2, -0.15) is 0 Å². The number of benzene rings is 2. The molecule has 2 rings (SSSR count). The minimum Gasteiger partial charge on any atom is -0.478 e. The molecule has 6 heteroatoms. The third kappa shape index (κ3) is 4.35. The number of aryl methyl sites for hydroxylation is 2. The largest absolute Gasteiger partial charge is 0.478 e. The Bertz CT molecular complexity index is 804. The van der Waals surface area contributed by atoms with Gasteiger partial charge in [0.05, 0.1) is 5.56 Å². The van der Waals surface area contributed by atoms with Gasteiger partial charge < -0.3 is 15.2 Å². The molecule has 0 saturated carbocycles. The number of carbonyl (C=O) groups excluding carboxylic acids is 1. The number of rotatable bonds is 6. The summed E-state index contributed by atoms with van der Waals surface area (Å²) in [6.07, 6.45) is -0.567. The predicted molar refractivity (Wildman–Crippen MR) is 92.6 cm³/mol. The molecule has 0 saturated heterocycles. The van der Waals surface area contributed by atoms with Crippen molar-refractivity contribution in [1.82, 2.24) is 0 Å². The number of aromatic carboxylic acids is 1. The average molecular weight is 345 g/mol. The zero-order valence-electron chi connectivity index (χ0n) is 14.3. The summed E-state index contributed by atoms with van der Waals surface area (Å²) in [4.78, 5) is 23.7. The van der Waals surface area contributed by atoms with Crippen molar-refractivity contribution in [1.29, 1.82) is 0 Å². The molecule has 0 heterocycles. The molecule has 0 aliphatic carbocycles. The number of carbonyl (C=O) groups is 2. The smallest absolute Gasteiger partial charge is 0.336 e. The van der Waals surface area contributed by atoms with Gasteiger partial charge in [0, 0.05) is 5.69 Å². The van der Waals surface area contributed by atoms with Gasteiger partial charge >= 0.3 is 5.97 Å². The van der Waals surface area contributed by atoms with Crippen LogP contribution in [0.4, 0.5) is 10.1 Å². The third-order valence-electron chi connectivity index (χ3n) is 3.83. The van der Waals surface area contributed by atoms with E-state index in [0.29, 0.717) is 17.7 Å². The van der Waals surface area contributed by atoms with E-state index in [-0.39, 0.29) is 11.3 Å². The fourth-order valence-corrected chi connectivity index (χ4v) is 2.45. The van der Waals surface area contributed by atoms with Crippen LogP contribution in [0.25, 0.3) is 0 Å². The van der Waals surface area contributed by atoms with Crippen LogP contribution in [0, 0.1) is 19.7 Å². The second-order valence-corrected chi connectivity index (χ2v) is 5.72. The lowest BCUT2D eigenvalue weighted by atomic mass is 10.0. The first-order valence-electron chi connectivity index (χ1n) is 7.90. The number of hydrogen-bond acceptors (Lipinski definition) is 3. The van der Waals surface area contributed by atoms with Gasteiger partial charge in [0.2, 0.25) is 0 Å². The topological polar surface area (TPSA) is 75.6 Å². The summed E-state index contributed by atoms with van der Waals surface area (Å²) in [5.74, 6) is -2.08. The fraction of sp³-hybridized carbons (Fsp3) is 0.263. The standard InChI is InChI=1S/C19H20FNO4/c1-4-16(25-17-8-6-5-7-14(17)20)18(22)21-15-10-13(19(23)24)11(2)9-12(15)3/h5-10,16H,4H2,1-3H3,(H,21,22)(H,23,24). The first kappa shape index (κ1) is 18.4. The fourth-order valence-electron chi connectivity index (χ4n) is 2.45. The van der Waals surface area contributed by atoms with Crippen molar-refractivity contribution < 1.29 is 23.8 Å². The summed E-state index contributed by atoms with van der Waals surface area (Å²) in [7, 11) is 0. The molecule has 2 N–H and O–H groups in total. The summed E-state index contributed by atoms with van der Waals surface area (Å²) in [5, 5.41) is 11.9. The average Bonchev–Trinajstić information content (AvgIpc) is 2.56. The van der Waals surface area contributed by atoms with Gasteiger partial charge in [-0.1, -0.05) is 25.1 Å². The minimum atomic E-state index is -1.07. The molecule has 0 fully saturated rings. The molecule has 0 aliphatic heterocycles. The van der Waals surface area contributed by atoms with E-state index in [4.69, 9.17) is 4.74 Å². The molecule has 0 aromatic heterocycles. The summed E-state index contributed by atoms with van der Waals surface area (Å²) in [5.41, 5.74) is 1.85. The summed E-state index contributed by atoms with van der Waals surface area (Å²) >= 11 is 0. The van der Waals surface area contributed by atoms with Crippen molar-refractivity contribution in [2.45, 2.75) is 33.3 Å². The van der Waals surface area contributed by atoms with Crippen LogP contribution in [0.1, 0.15) is 34.8 Å². The summed E-state index contributed by atoms with van der Waals surface area (Å²) in [6.45, 7) is 5.21. The number of carboxylic acids is 1. The maximum Gasteiger partial charge on any atom is 0.336 e. The number of carboxylic acid groups (broad SMARTS) is 1. The van der Waals surface area contributed by atoms with Crippen LogP contribution in [-0.4, -0.2) is 23.1 Å². The van der Waals surface area contributed by atoms with E-state index >= 15 is 0 Å². The molecule has 5 nitrogen and oxygen atoms in total. The molecule has 2 aromatic carbocycles. The van der Waals surface area contributed by atoms with Crippen molar-refractivity contribution in [3.05, 3.63) is 58.9 Å². The molecular formula is C19H20FNO4. The van der Waals surface area contributed by atoms with Gasteiger partial charge in [-0.15, -0.1) is 0 Å². The van der Waals surface area contributed by atoms with Crippen LogP contribution in [0.3, 0.4) is 0 Å². The SMILES string of the molecule is CCC(Oc1ccccc1F)C(=O)Nc1cc(C(=O)O)c(C)cc1C. The molecule has 0 spiro atoms. The lowest BCUT2D eigenvalue weighted by Crippen LogP contribution is -2.33. The normalized spacial score (nSPS) is 11.7. The quantitative estimate of drug-likeness (QED) is 0.831. The maximum absolute atomic E-state index is 13.7. The molecule has 132 valence electrons. The van der Waals surface area contributed by atoms with Crippen molar-refractivity contribution >= 4 is 17.6 Å². The highest BCUT2D eigenvalue weighted by Crippen LogP contribution is 2.23. The number of ether oxygens (including phenoxy) is 1. The van der Waals surface area contributed by atoms with Crippen molar-refractivity contribution in [3.8, 4) is 5.75 Å². The Kier molecular flexibility index (Phi) is 5.75. The monoisotopic (exact) mass is 345 g/mol. The maximum atomic E-state index is 13.7. The number of para-hydroxylation sites is 1. The number of amides is 1. The van der Waals surface area contributed by atoms with Crippen LogP contribution in [0.5, 0.6) is 5.75 Å². The third-order valence-corrected chi connectivity index (χ3v) is 3.83. The second-order valence-electron chi connectivity index (χ2n) is 5.72. The Morgan fingerprint density at radius 2 is 1.88 bits per heavy atom. The van der Waals surface area contributed by atoms with E-state index in [1.807, 2.05) is 0 Å². The second kappa shape index (κ2) is 7.79. The lowest BCUT2D eigenvalue weighted by molar-refractivity contribution is -0.122. The Labute approximate surface area is 145 Å². The Morgan fingerprint density at radius 1 is 1.20 bits per heavy atom. The van der Waals surface area contributed by atoms with E-state index in [0.717, 1.165) is 5.56 Å². The first-order chi connectivity index (χ1) is 11.8. The van der Waals surface area contributed by atoms with E-state index in [9.17, 15) is 19.1 Å². The Morgan fingerprint density at radius 3 is 2.48 bits per heavy atom. The number of hydrogen-bond donors (Lipinski definition) is 2. The molecule has 2 aromatic rings. The van der Waals surface area contributed by atoms with Crippen LogP contribution in [0.2, 0.25) is 0 Å². The summed E-state index contributed by atoms with van der Waals surface area (Å²) in [6, 6.07) is 8.96. The minimum absolute atomic E-state index is 0.00338. The number of anilines is 1. The van der Waals surface area contributed by atoms with E-state index in [1.165, 1.54) is 24.3 Å². The van der Waals surface area contributed by atoms with Crippen molar-refractivity contribution in [2.75, 3.05) is 5.32 Å². The molecular weight excluding hydrogens is 325 g/mol. The predicted octanol–water partition coefficient (Wildman–Crippen LogP) is 3.94. The molecule has 1 atom stereocenters.